The number of hydrogen-bond acceptors (Lipinski definition) is 3. The van der Waals surface area contributed by atoms with Crippen molar-refractivity contribution in [2.45, 2.75) is 26.3 Å². The number of rotatable bonds is 7. The fourth-order valence-corrected chi connectivity index (χ4v) is 2.80. The molecule has 1 amide bonds. The van der Waals surface area contributed by atoms with Gasteiger partial charge in [0.1, 0.15) is 6.61 Å². The summed E-state index contributed by atoms with van der Waals surface area (Å²) in [5, 5.41) is 6.98. The lowest BCUT2D eigenvalue weighted by Gasteiger charge is -2.09. The number of hydrogen-bond donors (Lipinski definition) is 1. The standard InChI is InChI=1S/C21H20F3N3O2/c1-15-4-2-5-16(8-15)11-27-12-19(10-25-27)26-20(28)18-7-3-6-17(9-18)13-29-14-21(22,23)24/h2-10,12H,11,13-14H2,1H3,(H,26,28). The monoisotopic (exact) mass is 403 g/mol. The molecule has 8 heteroatoms. The van der Waals surface area contributed by atoms with Gasteiger partial charge < -0.3 is 10.1 Å². The Morgan fingerprint density at radius 2 is 1.90 bits per heavy atom. The third-order valence-corrected chi connectivity index (χ3v) is 4.04. The minimum Gasteiger partial charge on any atom is -0.367 e. The zero-order valence-electron chi connectivity index (χ0n) is 15.7. The predicted molar refractivity (Wildman–Crippen MR) is 103 cm³/mol. The molecule has 0 aliphatic carbocycles. The van der Waals surface area contributed by atoms with Crippen molar-refractivity contribution in [2.24, 2.45) is 0 Å². The third kappa shape index (κ3) is 6.46. The summed E-state index contributed by atoms with van der Waals surface area (Å²) >= 11 is 0. The fraction of sp³-hybridized carbons (Fsp3) is 0.238. The average Bonchev–Trinajstić information content (AvgIpc) is 3.07. The minimum atomic E-state index is -4.38. The Kier molecular flexibility index (Phi) is 6.33. The van der Waals surface area contributed by atoms with Crippen LogP contribution in [0.1, 0.15) is 27.0 Å². The maximum Gasteiger partial charge on any atom is 0.411 e. The molecule has 3 rings (SSSR count). The summed E-state index contributed by atoms with van der Waals surface area (Å²) in [4.78, 5) is 12.4. The molecule has 0 aliphatic heterocycles. The van der Waals surface area contributed by atoms with Gasteiger partial charge in [0.05, 0.1) is 25.0 Å². The highest BCUT2D eigenvalue weighted by Crippen LogP contribution is 2.17. The lowest BCUT2D eigenvalue weighted by atomic mass is 10.1. The van der Waals surface area contributed by atoms with Gasteiger partial charge >= 0.3 is 6.18 Å². The van der Waals surface area contributed by atoms with Crippen molar-refractivity contribution in [3.05, 3.63) is 83.2 Å². The van der Waals surface area contributed by atoms with E-state index in [0.29, 0.717) is 23.4 Å². The maximum absolute atomic E-state index is 12.4. The summed E-state index contributed by atoms with van der Waals surface area (Å²) in [5.41, 5.74) is 3.59. The molecular formula is C21H20F3N3O2. The van der Waals surface area contributed by atoms with Gasteiger partial charge in [0, 0.05) is 11.8 Å². The number of ether oxygens (including phenoxy) is 1. The van der Waals surface area contributed by atoms with Gasteiger partial charge in [0.15, 0.2) is 0 Å². The minimum absolute atomic E-state index is 0.227. The van der Waals surface area contributed by atoms with E-state index in [0.717, 1.165) is 11.1 Å². The summed E-state index contributed by atoms with van der Waals surface area (Å²) in [5.74, 6) is -0.377. The van der Waals surface area contributed by atoms with E-state index in [-0.39, 0.29) is 12.5 Å². The average molecular weight is 403 g/mol. The van der Waals surface area contributed by atoms with Gasteiger partial charge in [0.2, 0.25) is 0 Å². The van der Waals surface area contributed by atoms with Crippen LogP contribution in [0.25, 0.3) is 0 Å². The molecule has 0 unspecified atom stereocenters. The van der Waals surface area contributed by atoms with Crippen LogP contribution in [0.5, 0.6) is 0 Å². The number of aryl methyl sites for hydroxylation is 1. The molecule has 5 nitrogen and oxygen atoms in total. The van der Waals surface area contributed by atoms with Crippen LogP contribution in [-0.4, -0.2) is 28.5 Å². The van der Waals surface area contributed by atoms with Crippen molar-refractivity contribution in [2.75, 3.05) is 11.9 Å². The maximum atomic E-state index is 12.4. The van der Waals surface area contributed by atoms with E-state index >= 15 is 0 Å². The molecule has 3 aromatic rings. The van der Waals surface area contributed by atoms with Crippen LogP contribution in [0.3, 0.4) is 0 Å². The number of benzene rings is 2. The molecule has 2 aromatic carbocycles. The first-order valence-corrected chi connectivity index (χ1v) is 8.91. The molecule has 0 fully saturated rings. The van der Waals surface area contributed by atoms with Crippen LogP contribution in [-0.2, 0) is 17.9 Å². The van der Waals surface area contributed by atoms with Gasteiger partial charge in [-0.2, -0.15) is 18.3 Å². The van der Waals surface area contributed by atoms with Crippen molar-refractivity contribution < 1.29 is 22.7 Å². The summed E-state index contributed by atoms with van der Waals surface area (Å²) in [6.07, 6.45) is -1.12. The highest BCUT2D eigenvalue weighted by molar-refractivity contribution is 6.04. The van der Waals surface area contributed by atoms with Gasteiger partial charge in [-0.1, -0.05) is 42.0 Å². The Hall–Kier alpha value is -3.13. The molecule has 29 heavy (non-hydrogen) atoms. The Morgan fingerprint density at radius 3 is 2.66 bits per heavy atom. The van der Waals surface area contributed by atoms with Crippen LogP contribution in [0, 0.1) is 6.92 Å². The molecule has 1 aromatic heterocycles. The molecule has 0 spiro atoms. The van der Waals surface area contributed by atoms with Crippen LogP contribution in [0.2, 0.25) is 0 Å². The number of carbonyl (C=O) groups excluding carboxylic acids is 1. The van der Waals surface area contributed by atoms with E-state index in [1.54, 1.807) is 35.3 Å². The van der Waals surface area contributed by atoms with E-state index in [1.807, 2.05) is 25.1 Å². The second-order valence-electron chi connectivity index (χ2n) is 6.68. The largest absolute Gasteiger partial charge is 0.411 e. The van der Waals surface area contributed by atoms with Crippen LogP contribution in [0.4, 0.5) is 18.9 Å². The highest BCUT2D eigenvalue weighted by atomic mass is 19.4. The summed E-state index contributed by atoms with van der Waals surface area (Å²) in [6.45, 7) is 1.03. The molecular weight excluding hydrogens is 383 g/mol. The lowest BCUT2D eigenvalue weighted by Crippen LogP contribution is -2.17. The normalized spacial score (nSPS) is 11.4. The van der Waals surface area contributed by atoms with Crippen LogP contribution in [0.15, 0.2) is 60.9 Å². The first-order chi connectivity index (χ1) is 13.8. The highest BCUT2D eigenvalue weighted by Gasteiger charge is 2.27. The fourth-order valence-electron chi connectivity index (χ4n) is 2.80. The SMILES string of the molecule is Cc1cccc(Cn2cc(NC(=O)c3cccc(COCC(F)(F)F)c3)cn2)c1. The van der Waals surface area contributed by atoms with E-state index in [4.69, 9.17) is 0 Å². The van der Waals surface area contributed by atoms with E-state index in [2.05, 4.69) is 21.2 Å². The second-order valence-corrected chi connectivity index (χ2v) is 6.68. The van der Waals surface area contributed by atoms with Gasteiger partial charge in [-0.25, -0.2) is 0 Å². The zero-order chi connectivity index (χ0) is 20.9. The van der Waals surface area contributed by atoms with Crippen LogP contribution >= 0.6 is 0 Å². The number of halogens is 3. The van der Waals surface area contributed by atoms with Crippen molar-refractivity contribution in [1.82, 2.24) is 9.78 Å². The van der Waals surface area contributed by atoms with Gasteiger partial charge in [-0.15, -0.1) is 0 Å². The molecule has 0 aliphatic rings. The Morgan fingerprint density at radius 1 is 1.14 bits per heavy atom. The van der Waals surface area contributed by atoms with E-state index in [1.165, 1.54) is 6.07 Å². The first kappa shape index (κ1) is 20.6. The topological polar surface area (TPSA) is 56.2 Å². The number of alkyl halides is 3. The number of nitrogens with zero attached hydrogens (tertiary/aromatic N) is 2. The zero-order valence-corrected chi connectivity index (χ0v) is 15.7. The van der Waals surface area contributed by atoms with Crippen molar-refractivity contribution in [1.29, 1.82) is 0 Å². The Balaban J connectivity index is 1.59. The lowest BCUT2D eigenvalue weighted by molar-refractivity contribution is -0.176. The quantitative estimate of drug-likeness (QED) is 0.629. The molecule has 0 radical (unpaired) electrons. The Bertz CT molecular complexity index is 983. The molecule has 0 atom stereocenters. The predicted octanol–water partition coefficient (Wildman–Crippen LogP) is 4.57. The smallest absolute Gasteiger partial charge is 0.367 e. The molecule has 1 heterocycles. The molecule has 0 saturated heterocycles. The van der Waals surface area contributed by atoms with E-state index < -0.39 is 12.8 Å². The summed E-state index contributed by atoms with van der Waals surface area (Å²) in [6, 6.07) is 14.3. The van der Waals surface area contributed by atoms with E-state index in [9.17, 15) is 18.0 Å². The van der Waals surface area contributed by atoms with Crippen molar-refractivity contribution >= 4 is 11.6 Å². The van der Waals surface area contributed by atoms with Crippen molar-refractivity contribution in [3.63, 3.8) is 0 Å². The number of nitrogens with one attached hydrogen (secondary N) is 1. The number of carbonyl (C=O) groups is 1. The molecule has 1 N–H and O–H groups in total. The van der Waals surface area contributed by atoms with Crippen LogP contribution < -0.4 is 5.32 Å². The number of aromatic nitrogens is 2. The number of anilines is 1. The third-order valence-electron chi connectivity index (χ3n) is 4.04. The number of amides is 1. The molecule has 0 bridgehead atoms. The van der Waals surface area contributed by atoms with Gasteiger partial charge in [-0.05, 0) is 30.2 Å². The van der Waals surface area contributed by atoms with Gasteiger partial charge in [-0.3, -0.25) is 9.48 Å². The molecule has 152 valence electrons. The van der Waals surface area contributed by atoms with Crippen molar-refractivity contribution in [3.8, 4) is 0 Å². The van der Waals surface area contributed by atoms with Gasteiger partial charge in [0.25, 0.3) is 5.91 Å². The Labute approximate surface area is 166 Å². The second kappa shape index (κ2) is 8.91. The molecule has 0 saturated carbocycles. The summed E-state index contributed by atoms with van der Waals surface area (Å²) < 4.78 is 42.9. The summed E-state index contributed by atoms with van der Waals surface area (Å²) in [7, 11) is 0. The first-order valence-electron chi connectivity index (χ1n) is 8.91.